The Bertz CT molecular complexity index is 378. The Morgan fingerprint density at radius 2 is 2.31 bits per heavy atom. The van der Waals surface area contributed by atoms with Crippen LogP contribution >= 0.6 is 11.3 Å². The number of hydrogen-bond acceptors (Lipinski definition) is 6. The lowest BCUT2D eigenvalue weighted by Crippen LogP contribution is -2.20. The van der Waals surface area contributed by atoms with Gasteiger partial charge in [-0.15, -0.1) is 11.3 Å². The van der Waals surface area contributed by atoms with E-state index >= 15 is 0 Å². The summed E-state index contributed by atoms with van der Waals surface area (Å²) in [6.45, 7) is 1.81. The molecule has 0 aliphatic rings. The minimum Gasteiger partial charge on any atom is -0.395 e. The number of nitro groups is 1. The monoisotopic (exact) mass is 246 g/mol. The van der Waals surface area contributed by atoms with Crippen LogP contribution in [-0.4, -0.2) is 35.3 Å². The van der Waals surface area contributed by atoms with Crippen molar-refractivity contribution < 1.29 is 15.1 Å². The first-order valence-electron chi connectivity index (χ1n) is 4.75. The third-order valence-electron chi connectivity index (χ3n) is 2.10. The second kappa shape index (κ2) is 5.24. The molecule has 0 amide bonds. The van der Waals surface area contributed by atoms with Gasteiger partial charge in [0.15, 0.2) is 5.00 Å². The van der Waals surface area contributed by atoms with E-state index < -0.39 is 11.0 Å². The molecule has 0 aliphatic carbocycles. The molecule has 90 valence electrons. The van der Waals surface area contributed by atoms with Crippen molar-refractivity contribution in [3.05, 3.63) is 21.1 Å². The van der Waals surface area contributed by atoms with E-state index in [0.29, 0.717) is 16.4 Å². The van der Waals surface area contributed by atoms with Crippen molar-refractivity contribution in [3.63, 3.8) is 0 Å². The third kappa shape index (κ3) is 2.69. The van der Waals surface area contributed by atoms with E-state index in [-0.39, 0.29) is 12.3 Å². The van der Waals surface area contributed by atoms with E-state index in [9.17, 15) is 15.2 Å². The predicted octanol–water partition coefficient (Wildman–Crippen LogP) is 1.14. The molecule has 0 saturated carbocycles. The summed E-state index contributed by atoms with van der Waals surface area (Å²) >= 11 is 1.17. The van der Waals surface area contributed by atoms with Gasteiger partial charge in [0.2, 0.25) is 0 Å². The molecule has 0 aromatic carbocycles. The van der Waals surface area contributed by atoms with Gasteiger partial charge in [-0.1, -0.05) is 0 Å². The van der Waals surface area contributed by atoms with Gasteiger partial charge >= 0.3 is 5.69 Å². The molecular formula is C9H14N2O4S. The van der Waals surface area contributed by atoms with Crippen LogP contribution in [0.4, 0.5) is 10.7 Å². The molecule has 16 heavy (non-hydrogen) atoms. The zero-order valence-electron chi connectivity index (χ0n) is 9.08. The van der Waals surface area contributed by atoms with Gasteiger partial charge in [0.25, 0.3) is 0 Å². The molecule has 0 aliphatic heterocycles. The Hall–Kier alpha value is -1.18. The van der Waals surface area contributed by atoms with E-state index in [1.165, 1.54) is 17.4 Å². The molecule has 0 radical (unpaired) electrons. The lowest BCUT2D eigenvalue weighted by Gasteiger charge is -2.14. The first-order chi connectivity index (χ1) is 7.47. The molecule has 0 fully saturated rings. The van der Waals surface area contributed by atoms with Crippen LogP contribution in [0.5, 0.6) is 0 Å². The average Bonchev–Trinajstić information content (AvgIpc) is 2.62. The van der Waals surface area contributed by atoms with E-state index in [2.05, 4.69) is 0 Å². The average molecular weight is 246 g/mol. The Kier molecular flexibility index (Phi) is 4.22. The van der Waals surface area contributed by atoms with Crippen LogP contribution in [0, 0.1) is 10.1 Å². The largest absolute Gasteiger partial charge is 0.395 e. The maximum atomic E-state index is 10.8. The molecule has 1 heterocycles. The fourth-order valence-corrected chi connectivity index (χ4v) is 2.30. The molecule has 0 bridgehead atoms. The lowest BCUT2D eigenvalue weighted by molar-refractivity contribution is -0.383. The van der Waals surface area contributed by atoms with Gasteiger partial charge in [0, 0.05) is 24.5 Å². The van der Waals surface area contributed by atoms with Crippen LogP contribution < -0.4 is 4.90 Å². The lowest BCUT2D eigenvalue weighted by atomic mass is 10.3. The summed E-state index contributed by atoms with van der Waals surface area (Å²) in [6.07, 6.45) is -0.722. The van der Waals surface area contributed by atoms with Gasteiger partial charge in [0.05, 0.1) is 17.6 Å². The van der Waals surface area contributed by atoms with Gasteiger partial charge in [-0.05, 0) is 6.92 Å². The van der Waals surface area contributed by atoms with Gasteiger partial charge in [-0.3, -0.25) is 10.1 Å². The molecule has 0 saturated heterocycles. The maximum Gasteiger partial charge on any atom is 0.304 e. The number of nitrogens with zero attached hydrogens (tertiary/aromatic N) is 2. The number of rotatable bonds is 5. The Balaban J connectivity index is 3.09. The molecule has 1 atom stereocenters. The highest BCUT2D eigenvalue weighted by Crippen LogP contribution is 2.39. The molecule has 6 nitrogen and oxygen atoms in total. The maximum absolute atomic E-state index is 10.8. The van der Waals surface area contributed by atoms with Crippen LogP contribution in [0.15, 0.2) is 6.07 Å². The Morgan fingerprint density at radius 1 is 1.69 bits per heavy atom. The van der Waals surface area contributed by atoms with E-state index in [4.69, 9.17) is 5.11 Å². The normalized spacial score (nSPS) is 12.5. The van der Waals surface area contributed by atoms with Crippen molar-refractivity contribution in [2.75, 3.05) is 25.1 Å². The number of aliphatic hydroxyl groups is 2. The van der Waals surface area contributed by atoms with Gasteiger partial charge in [-0.2, -0.15) is 0 Å². The summed E-state index contributed by atoms with van der Waals surface area (Å²) in [5, 5.41) is 29.4. The van der Waals surface area contributed by atoms with E-state index in [0.717, 1.165) is 0 Å². The SMILES string of the molecule is C[C@H](O)c1cc([N+](=O)[O-])c(N(C)CCO)s1. The summed E-state index contributed by atoms with van der Waals surface area (Å²) < 4.78 is 0. The van der Waals surface area contributed by atoms with Crippen LogP contribution in [0.25, 0.3) is 0 Å². The second-order valence-electron chi connectivity index (χ2n) is 3.42. The molecule has 1 aromatic rings. The smallest absolute Gasteiger partial charge is 0.304 e. The Labute approximate surface area is 96.9 Å². The van der Waals surface area contributed by atoms with Gasteiger partial charge in [0.1, 0.15) is 0 Å². The highest BCUT2D eigenvalue weighted by molar-refractivity contribution is 7.16. The van der Waals surface area contributed by atoms with Crippen molar-refractivity contribution in [2.24, 2.45) is 0 Å². The van der Waals surface area contributed by atoms with Crippen molar-refractivity contribution in [1.29, 1.82) is 0 Å². The number of anilines is 1. The van der Waals surface area contributed by atoms with Gasteiger partial charge in [-0.25, -0.2) is 0 Å². The predicted molar refractivity (Wildman–Crippen MR) is 62.0 cm³/mol. The Morgan fingerprint density at radius 3 is 2.75 bits per heavy atom. The minimum atomic E-state index is -0.722. The van der Waals surface area contributed by atoms with Crippen molar-refractivity contribution >= 4 is 22.0 Å². The quantitative estimate of drug-likeness (QED) is 0.601. The molecular weight excluding hydrogens is 232 g/mol. The summed E-state index contributed by atoms with van der Waals surface area (Å²) in [6, 6.07) is 1.37. The number of thiophene rings is 1. The standard InChI is InChI=1S/C9H14N2O4S/c1-6(13)8-5-7(11(14)15)9(16-8)10(2)3-4-12/h5-6,12-13H,3-4H2,1-2H3/t6-/m0/s1. The summed E-state index contributed by atoms with van der Waals surface area (Å²) in [4.78, 5) is 12.5. The summed E-state index contributed by atoms with van der Waals surface area (Å²) in [7, 11) is 1.67. The summed E-state index contributed by atoms with van der Waals surface area (Å²) in [5.74, 6) is 0. The van der Waals surface area contributed by atoms with Crippen LogP contribution in [0.2, 0.25) is 0 Å². The molecule has 1 aromatic heterocycles. The van der Waals surface area contributed by atoms with Crippen LogP contribution in [0.3, 0.4) is 0 Å². The van der Waals surface area contributed by atoms with E-state index in [1.807, 2.05) is 0 Å². The van der Waals surface area contributed by atoms with Crippen molar-refractivity contribution in [2.45, 2.75) is 13.0 Å². The highest BCUT2D eigenvalue weighted by Gasteiger charge is 2.23. The van der Waals surface area contributed by atoms with Crippen LogP contribution in [-0.2, 0) is 0 Å². The first kappa shape index (κ1) is 12.9. The summed E-state index contributed by atoms with van der Waals surface area (Å²) in [5.41, 5.74) is -0.0307. The molecule has 0 spiro atoms. The van der Waals surface area contributed by atoms with E-state index in [1.54, 1.807) is 18.9 Å². The highest BCUT2D eigenvalue weighted by atomic mass is 32.1. The second-order valence-corrected chi connectivity index (χ2v) is 4.48. The van der Waals surface area contributed by atoms with Crippen molar-refractivity contribution in [3.8, 4) is 0 Å². The molecule has 1 rings (SSSR count). The fourth-order valence-electron chi connectivity index (χ4n) is 1.25. The van der Waals surface area contributed by atoms with Gasteiger partial charge < -0.3 is 15.1 Å². The van der Waals surface area contributed by atoms with Crippen molar-refractivity contribution in [1.82, 2.24) is 0 Å². The third-order valence-corrected chi connectivity index (χ3v) is 3.51. The number of hydrogen-bond donors (Lipinski definition) is 2. The minimum absolute atomic E-state index is 0.0307. The topological polar surface area (TPSA) is 86.8 Å². The molecule has 2 N–H and O–H groups in total. The van der Waals surface area contributed by atoms with Crippen LogP contribution in [0.1, 0.15) is 17.9 Å². The molecule has 7 heteroatoms. The zero-order chi connectivity index (χ0) is 12.3. The fraction of sp³-hybridized carbons (Fsp3) is 0.556. The molecule has 0 unspecified atom stereocenters. The zero-order valence-corrected chi connectivity index (χ0v) is 9.90. The first-order valence-corrected chi connectivity index (χ1v) is 5.57. The number of aliphatic hydroxyl groups excluding tert-OH is 2. The number of likely N-dealkylation sites (N-methyl/N-ethyl adjacent to an activating group) is 1.